The third kappa shape index (κ3) is 2.52. The SMILES string of the molecule is CCc1cc(C(=O)O)nn1-c1ccccc1C(C)C. The second-order valence-electron chi connectivity index (χ2n) is 4.80. The summed E-state index contributed by atoms with van der Waals surface area (Å²) in [4.78, 5) is 11.1. The van der Waals surface area contributed by atoms with Crippen LogP contribution in [0.5, 0.6) is 0 Å². The van der Waals surface area contributed by atoms with E-state index in [0.29, 0.717) is 5.92 Å². The standard InChI is InChI=1S/C15H18N2O2/c1-4-11-9-13(15(18)19)16-17(11)14-8-6-5-7-12(14)10(2)3/h5-10H,4H2,1-3H3,(H,18,19). The molecule has 0 saturated carbocycles. The molecule has 0 bridgehead atoms. The van der Waals surface area contributed by atoms with Crippen LogP contribution in [0, 0.1) is 0 Å². The third-order valence-corrected chi connectivity index (χ3v) is 3.15. The Kier molecular flexibility index (Phi) is 3.69. The number of carboxylic acids is 1. The van der Waals surface area contributed by atoms with Gasteiger partial charge < -0.3 is 5.11 Å². The van der Waals surface area contributed by atoms with Gasteiger partial charge in [0, 0.05) is 5.69 Å². The summed E-state index contributed by atoms with van der Waals surface area (Å²) in [6.45, 7) is 6.23. The molecule has 100 valence electrons. The molecule has 4 heteroatoms. The van der Waals surface area contributed by atoms with Crippen LogP contribution in [-0.2, 0) is 6.42 Å². The monoisotopic (exact) mass is 258 g/mol. The molecule has 0 saturated heterocycles. The fourth-order valence-corrected chi connectivity index (χ4v) is 2.15. The van der Waals surface area contributed by atoms with Crippen molar-refractivity contribution in [1.29, 1.82) is 0 Å². The Morgan fingerprint density at radius 2 is 2.05 bits per heavy atom. The van der Waals surface area contributed by atoms with Crippen molar-refractivity contribution in [3.8, 4) is 5.69 Å². The van der Waals surface area contributed by atoms with Gasteiger partial charge in [0.25, 0.3) is 0 Å². The first-order valence-electron chi connectivity index (χ1n) is 6.46. The van der Waals surface area contributed by atoms with E-state index in [-0.39, 0.29) is 5.69 Å². The molecule has 2 rings (SSSR count). The number of carbonyl (C=O) groups is 1. The summed E-state index contributed by atoms with van der Waals surface area (Å²) in [7, 11) is 0. The van der Waals surface area contributed by atoms with E-state index < -0.39 is 5.97 Å². The minimum atomic E-state index is -0.990. The first-order valence-corrected chi connectivity index (χ1v) is 6.46. The van der Waals surface area contributed by atoms with Gasteiger partial charge >= 0.3 is 5.97 Å². The molecule has 4 nitrogen and oxygen atoms in total. The highest BCUT2D eigenvalue weighted by Gasteiger charge is 2.16. The molecular weight excluding hydrogens is 240 g/mol. The average molecular weight is 258 g/mol. The van der Waals surface area contributed by atoms with Crippen LogP contribution in [0.4, 0.5) is 0 Å². The lowest BCUT2D eigenvalue weighted by Crippen LogP contribution is -2.07. The number of hydrogen-bond donors (Lipinski definition) is 1. The van der Waals surface area contributed by atoms with Crippen molar-refractivity contribution in [2.45, 2.75) is 33.1 Å². The summed E-state index contributed by atoms with van der Waals surface area (Å²) >= 11 is 0. The van der Waals surface area contributed by atoms with Gasteiger partial charge in [-0.1, -0.05) is 39.0 Å². The number of hydrogen-bond acceptors (Lipinski definition) is 2. The molecule has 2 aromatic rings. The van der Waals surface area contributed by atoms with Gasteiger partial charge in [-0.3, -0.25) is 0 Å². The van der Waals surface area contributed by atoms with Crippen LogP contribution < -0.4 is 0 Å². The maximum atomic E-state index is 11.1. The van der Waals surface area contributed by atoms with Crippen molar-refractivity contribution in [2.75, 3.05) is 0 Å². The number of rotatable bonds is 4. The summed E-state index contributed by atoms with van der Waals surface area (Å²) in [6, 6.07) is 9.61. The van der Waals surface area contributed by atoms with Crippen LogP contribution in [-0.4, -0.2) is 20.9 Å². The lowest BCUT2D eigenvalue weighted by atomic mass is 10.0. The number of nitrogens with zero attached hydrogens (tertiary/aromatic N) is 2. The fraction of sp³-hybridized carbons (Fsp3) is 0.333. The van der Waals surface area contributed by atoms with Crippen LogP contribution in [0.3, 0.4) is 0 Å². The Labute approximate surface area is 112 Å². The lowest BCUT2D eigenvalue weighted by Gasteiger charge is -2.14. The molecule has 0 amide bonds. The van der Waals surface area contributed by atoms with Gasteiger partial charge in [0.15, 0.2) is 5.69 Å². The van der Waals surface area contributed by atoms with Crippen LogP contribution in [0.1, 0.15) is 48.4 Å². The molecule has 0 fully saturated rings. The molecule has 1 aromatic heterocycles. The summed E-state index contributed by atoms with van der Waals surface area (Å²) in [5.74, 6) is -0.631. The van der Waals surface area contributed by atoms with Crippen molar-refractivity contribution in [3.05, 3.63) is 47.3 Å². The molecule has 0 spiro atoms. The third-order valence-electron chi connectivity index (χ3n) is 3.15. The van der Waals surface area contributed by atoms with Gasteiger partial charge in [-0.2, -0.15) is 5.10 Å². The number of aryl methyl sites for hydroxylation is 1. The Hall–Kier alpha value is -2.10. The summed E-state index contributed by atoms with van der Waals surface area (Å²) in [5.41, 5.74) is 3.12. The van der Waals surface area contributed by atoms with Crippen molar-refractivity contribution >= 4 is 5.97 Å². The van der Waals surface area contributed by atoms with E-state index in [1.165, 1.54) is 0 Å². The highest BCUT2D eigenvalue weighted by Crippen LogP contribution is 2.24. The molecule has 0 aliphatic heterocycles. The number of benzene rings is 1. The van der Waals surface area contributed by atoms with Gasteiger partial charge in [-0.15, -0.1) is 0 Å². The fourth-order valence-electron chi connectivity index (χ4n) is 2.15. The second kappa shape index (κ2) is 5.26. The van der Waals surface area contributed by atoms with Crippen LogP contribution in [0.2, 0.25) is 0 Å². The van der Waals surface area contributed by atoms with Crippen molar-refractivity contribution < 1.29 is 9.90 Å². The molecule has 0 radical (unpaired) electrons. The topological polar surface area (TPSA) is 55.1 Å². The minimum absolute atomic E-state index is 0.0930. The van der Waals surface area contributed by atoms with Gasteiger partial charge in [0.2, 0.25) is 0 Å². The zero-order valence-corrected chi connectivity index (χ0v) is 11.4. The van der Waals surface area contributed by atoms with E-state index in [0.717, 1.165) is 23.4 Å². The second-order valence-corrected chi connectivity index (χ2v) is 4.80. The molecule has 0 atom stereocenters. The molecule has 0 aliphatic carbocycles. The Balaban J connectivity index is 2.61. The van der Waals surface area contributed by atoms with Crippen LogP contribution >= 0.6 is 0 Å². The van der Waals surface area contributed by atoms with E-state index in [9.17, 15) is 4.79 Å². The largest absolute Gasteiger partial charge is 0.476 e. The van der Waals surface area contributed by atoms with Gasteiger partial charge in [-0.05, 0) is 30.0 Å². The lowest BCUT2D eigenvalue weighted by molar-refractivity contribution is 0.0690. The summed E-state index contributed by atoms with van der Waals surface area (Å²) < 4.78 is 1.75. The smallest absolute Gasteiger partial charge is 0.356 e. The summed E-state index contributed by atoms with van der Waals surface area (Å²) in [5, 5.41) is 13.3. The van der Waals surface area contributed by atoms with E-state index in [2.05, 4.69) is 25.0 Å². The van der Waals surface area contributed by atoms with E-state index in [1.54, 1.807) is 10.7 Å². The first kappa shape index (κ1) is 13.3. The van der Waals surface area contributed by atoms with E-state index >= 15 is 0 Å². The van der Waals surface area contributed by atoms with E-state index in [4.69, 9.17) is 5.11 Å². The van der Waals surface area contributed by atoms with Crippen molar-refractivity contribution in [2.24, 2.45) is 0 Å². The zero-order valence-electron chi connectivity index (χ0n) is 11.4. The summed E-state index contributed by atoms with van der Waals surface area (Å²) in [6.07, 6.45) is 0.743. The van der Waals surface area contributed by atoms with Gasteiger partial charge in [0.05, 0.1) is 5.69 Å². The quantitative estimate of drug-likeness (QED) is 0.915. The van der Waals surface area contributed by atoms with Gasteiger partial charge in [-0.25, -0.2) is 9.48 Å². The highest BCUT2D eigenvalue weighted by atomic mass is 16.4. The Morgan fingerprint density at radius 1 is 1.37 bits per heavy atom. The van der Waals surface area contributed by atoms with Crippen molar-refractivity contribution in [1.82, 2.24) is 9.78 Å². The maximum absolute atomic E-state index is 11.1. The predicted molar refractivity (Wildman–Crippen MR) is 74.0 cm³/mol. The molecule has 19 heavy (non-hydrogen) atoms. The molecule has 1 aromatic carbocycles. The molecule has 0 aliphatic rings. The number of aromatic nitrogens is 2. The highest BCUT2D eigenvalue weighted by molar-refractivity contribution is 5.85. The zero-order chi connectivity index (χ0) is 14.0. The maximum Gasteiger partial charge on any atom is 0.356 e. The number of carboxylic acid groups (broad SMARTS) is 1. The van der Waals surface area contributed by atoms with Crippen molar-refractivity contribution in [3.63, 3.8) is 0 Å². The first-order chi connectivity index (χ1) is 9.04. The molecule has 1 heterocycles. The molecule has 1 N–H and O–H groups in total. The number of aromatic carboxylic acids is 1. The predicted octanol–water partition coefficient (Wildman–Crippen LogP) is 3.26. The molecule has 0 unspecified atom stereocenters. The number of para-hydroxylation sites is 1. The van der Waals surface area contributed by atoms with Crippen LogP contribution in [0.25, 0.3) is 5.69 Å². The van der Waals surface area contributed by atoms with Gasteiger partial charge in [0.1, 0.15) is 0 Å². The normalized spacial score (nSPS) is 10.9. The Bertz CT molecular complexity index is 600. The molecular formula is C15H18N2O2. The Morgan fingerprint density at radius 3 is 2.63 bits per heavy atom. The minimum Gasteiger partial charge on any atom is -0.476 e. The van der Waals surface area contributed by atoms with Crippen LogP contribution in [0.15, 0.2) is 30.3 Å². The van der Waals surface area contributed by atoms with E-state index in [1.807, 2.05) is 25.1 Å². The average Bonchev–Trinajstić information content (AvgIpc) is 2.82.